The van der Waals surface area contributed by atoms with Crippen LogP contribution in [0, 0.1) is 0 Å². The zero-order chi connectivity index (χ0) is 21.4. The maximum absolute atomic E-state index is 12.9. The second-order valence-corrected chi connectivity index (χ2v) is 7.49. The lowest BCUT2D eigenvalue weighted by atomic mass is 9.95. The summed E-state index contributed by atoms with van der Waals surface area (Å²) in [5, 5.41) is 8.98. The number of fused-ring (bicyclic) bond motifs is 1. The minimum absolute atomic E-state index is 0.111. The molecule has 0 aliphatic heterocycles. The van der Waals surface area contributed by atoms with Gasteiger partial charge in [0.05, 0.1) is 23.4 Å². The topological polar surface area (TPSA) is 70.1 Å². The van der Waals surface area contributed by atoms with Crippen molar-refractivity contribution < 1.29 is 17.9 Å². The van der Waals surface area contributed by atoms with Gasteiger partial charge in [0, 0.05) is 12.4 Å². The smallest absolute Gasteiger partial charge is 0.405 e. The first-order valence-corrected chi connectivity index (χ1v) is 10.1. The molecule has 10 heteroatoms. The Morgan fingerprint density at radius 2 is 1.81 bits per heavy atom. The summed E-state index contributed by atoms with van der Waals surface area (Å²) < 4.78 is 46.5. The van der Waals surface area contributed by atoms with E-state index < -0.39 is 6.36 Å². The van der Waals surface area contributed by atoms with Crippen LogP contribution in [0.25, 0.3) is 28.4 Å². The van der Waals surface area contributed by atoms with Crippen LogP contribution in [0.3, 0.4) is 0 Å². The van der Waals surface area contributed by atoms with Gasteiger partial charge in [-0.15, -0.1) is 18.3 Å². The van der Waals surface area contributed by atoms with Crippen LogP contribution in [0.15, 0.2) is 48.9 Å². The van der Waals surface area contributed by atoms with Gasteiger partial charge in [0.1, 0.15) is 5.75 Å². The second kappa shape index (κ2) is 7.68. The largest absolute Gasteiger partial charge is 0.573 e. The molecule has 0 atom stereocenters. The first-order valence-electron chi connectivity index (χ1n) is 10.1. The molecule has 1 fully saturated rings. The van der Waals surface area contributed by atoms with Gasteiger partial charge >= 0.3 is 6.36 Å². The Kier molecular flexibility index (Phi) is 4.84. The van der Waals surface area contributed by atoms with Gasteiger partial charge in [-0.3, -0.25) is 0 Å². The van der Waals surface area contributed by atoms with Crippen LogP contribution in [0.5, 0.6) is 5.75 Å². The summed E-state index contributed by atoms with van der Waals surface area (Å²) in [6.07, 6.45) is 5.46. The Balaban J connectivity index is 1.66. The molecule has 3 aromatic heterocycles. The molecule has 0 bridgehead atoms. The predicted molar refractivity (Wildman–Crippen MR) is 106 cm³/mol. The van der Waals surface area contributed by atoms with E-state index in [4.69, 9.17) is 0 Å². The van der Waals surface area contributed by atoms with Gasteiger partial charge in [-0.05, 0) is 31.0 Å². The molecule has 0 unspecified atom stereocenters. The van der Waals surface area contributed by atoms with Gasteiger partial charge in [-0.25, -0.2) is 19.2 Å². The van der Waals surface area contributed by atoms with E-state index >= 15 is 0 Å². The maximum atomic E-state index is 12.9. The molecule has 160 valence electrons. The molecule has 0 radical (unpaired) electrons. The van der Waals surface area contributed by atoms with Crippen molar-refractivity contribution in [3.63, 3.8) is 0 Å². The van der Waals surface area contributed by atoms with Crippen molar-refractivity contribution in [3.05, 3.63) is 48.9 Å². The minimum atomic E-state index is -4.81. The fourth-order valence-corrected chi connectivity index (χ4v) is 4.05. The lowest BCUT2D eigenvalue weighted by molar-refractivity contribution is -0.274. The number of para-hydroxylation sites is 1. The highest BCUT2D eigenvalue weighted by Gasteiger charge is 2.33. The normalized spacial score (nSPS) is 15.5. The van der Waals surface area contributed by atoms with E-state index in [0.29, 0.717) is 17.0 Å². The average molecular weight is 428 g/mol. The summed E-state index contributed by atoms with van der Waals surface area (Å²) in [4.78, 5) is 9.05. The van der Waals surface area contributed by atoms with Crippen LogP contribution in [-0.2, 0) is 0 Å². The van der Waals surface area contributed by atoms with Crippen LogP contribution in [0.2, 0.25) is 0 Å². The monoisotopic (exact) mass is 428 g/mol. The molecule has 3 heterocycles. The molecule has 1 aliphatic carbocycles. The fourth-order valence-electron chi connectivity index (χ4n) is 4.05. The number of halogens is 3. The lowest BCUT2D eigenvalue weighted by Crippen LogP contribution is -2.17. The van der Waals surface area contributed by atoms with E-state index in [1.54, 1.807) is 35.2 Å². The summed E-state index contributed by atoms with van der Waals surface area (Å²) in [5.41, 5.74) is 1.47. The van der Waals surface area contributed by atoms with Crippen LogP contribution in [0.1, 0.15) is 38.1 Å². The van der Waals surface area contributed by atoms with Crippen molar-refractivity contribution in [2.24, 2.45) is 0 Å². The van der Waals surface area contributed by atoms with Crippen LogP contribution < -0.4 is 4.74 Å². The Morgan fingerprint density at radius 1 is 1.00 bits per heavy atom. The Bertz CT molecular complexity index is 1210. The third-order valence-electron chi connectivity index (χ3n) is 5.43. The van der Waals surface area contributed by atoms with Crippen molar-refractivity contribution in [3.8, 4) is 28.5 Å². The van der Waals surface area contributed by atoms with E-state index in [1.165, 1.54) is 18.2 Å². The molecule has 1 aliphatic rings. The van der Waals surface area contributed by atoms with Crippen LogP contribution in [0.4, 0.5) is 13.2 Å². The molecular formula is C21H19F3N6O. The number of alkyl halides is 3. The third-order valence-corrected chi connectivity index (χ3v) is 5.43. The summed E-state index contributed by atoms with van der Waals surface area (Å²) in [6.45, 7) is 0. The Hall–Kier alpha value is -3.43. The number of hydrogen-bond acceptors (Lipinski definition) is 5. The fraction of sp³-hybridized carbons (Fsp3) is 0.333. The molecule has 7 nitrogen and oxygen atoms in total. The summed E-state index contributed by atoms with van der Waals surface area (Å²) in [5.74, 6) is 0.383. The van der Waals surface area contributed by atoms with Crippen LogP contribution in [-0.4, -0.2) is 35.7 Å². The quantitative estimate of drug-likeness (QED) is 0.455. The van der Waals surface area contributed by atoms with E-state index in [9.17, 15) is 13.2 Å². The highest BCUT2D eigenvalue weighted by atomic mass is 19.4. The molecule has 0 saturated heterocycles. The molecule has 1 saturated carbocycles. The number of nitrogens with zero attached hydrogens (tertiary/aromatic N) is 6. The standard InChI is InChI=1S/C21H19F3N6O/c22-21(23,24)31-17-10-5-4-9-15(17)18-27-20(30(28-18)14-7-2-1-3-8-14)16-13-26-29-12-6-11-25-19(16)29/h4-6,9-14H,1-3,7-8H2. The highest BCUT2D eigenvalue weighted by Crippen LogP contribution is 2.37. The Labute approximate surface area is 175 Å². The van der Waals surface area contributed by atoms with Gasteiger partial charge < -0.3 is 4.74 Å². The summed E-state index contributed by atoms with van der Waals surface area (Å²) in [6, 6.07) is 7.79. The van der Waals surface area contributed by atoms with E-state index in [2.05, 4.69) is 24.9 Å². The van der Waals surface area contributed by atoms with Gasteiger partial charge in [0.25, 0.3) is 0 Å². The number of hydrogen-bond donors (Lipinski definition) is 0. The third kappa shape index (κ3) is 3.85. The molecule has 5 rings (SSSR count). The molecule has 4 aromatic rings. The predicted octanol–water partition coefficient (Wildman–Crippen LogP) is 5.06. The van der Waals surface area contributed by atoms with Gasteiger partial charge in [-0.1, -0.05) is 31.4 Å². The highest BCUT2D eigenvalue weighted by molar-refractivity contribution is 5.74. The second-order valence-electron chi connectivity index (χ2n) is 7.49. The van der Waals surface area contributed by atoms with Crippen LogP contribution >= 0.6 is 0 Å². The average Bonchev–Trinajstić information content (AvgIpc) is 3.38. The molecular weight excluding hydrogens is 409 g/mol. The number of ether oxygens (including phenoxy) is 1. The molecule has 1 aromatic carbocycles. The zero-order valence-electron chi connectivity index (χ0n) is 16.5. The van der Waals surface area contributed by atoms with E-state index in [1.807, 2.05) is 4.68 Å². The molecule has 0 spiro atoms. The van der Waals surface area contributed by atoms with Crippen molar-refractivity contribution in [1.29, 1.82) is 0 Å². The van der Waals surface area contributed by atoms with Gasteiger partial charge in [-0.2, -0.15) is 5.10 Å². The maximum Gasteiger partial charge on any atom is 0.573 e. The lowest BCUT2D eigenvalue weighted by Gasteiger charge is -2.22. The van der Waals surface area contributed by atoms with Crippen molar-refractivity contribution in [2.75, 3.05) is 0 Å². The minimum Gasteiger partial charge on any atom is -0.405 e. The summed E-state index contributed by atoms with van der Waals surface area (Å²) >= 11 is 0. The molecule has 0 N–H and O–H groups in total. The van der Waals surface area contributed by atoms with Crippen molar-refractivity contribution in [1.82, 2.24) is 29.4 Å². The van der Waals surface area contributed by atoms with Crippen molar-refractivity contribution in [2.45, 2.75) is 44.5 Å². The van der Waals surface area contributed by atoms with E-state index in [0.717, 1.165) is 32.1 Å². The van der Waals surface area contributed by atoms with E-state index in [-0.39, 0.29) is 23.2 Å². The molecule has 31 heavy (non-hydrogen) atoms. The zero-order valence-corrected chi connectivity index (χ0v) is 16.5. The number of benzene rings is 1. The summed E-state index contributed by atoms with van der Waals surface area (Å²) in [7, 11) is 0. The molecule has 0 amide bonds. The number of rotatable bonds is 4. The number of aromatic nitrogens is 6. The first kappa shape index (κ1) is 19.5. The Morgan fingerprint density at radius 3 is 2.61 bits per heavy atom. The van der Waals surface area contributed by atoms with Crippen molar-refractivity contribution >= 4 is 5.65 Å². The van der Waals surface area contributed by atoms with Gasteiger partial charge in [0.2, 0.25) is 0 Å². The van der Waals surface area contributed by atoms with Gasteiger partial charge in [0.15, 0.2) is 17.3 Å². The first-order chi connectivity index (χ1) is 15.0. The SMILES string of the molecule is FC(F)(F)Oc1ccccc1-c1nc(-c2cnn3cccnc23)n(C2CCCCC2)n1.